The average Bonchev–Trinajstić information content (AvgIpc) is 2.92. The second-order valence-corrected chi connectivity index (χ2v) is 6.82. The van der Waals surface area contributed by atoms with Crippen molar-refractivity contribution in [2.45, 2.75) is 32.2 Å². The molecule has 0 amide bonds. The van der Waals surface area contributed by atoms with Gasteiger partial charge in [-0.15, -0.1) is 11.3 Å². The van der Waals surface area contributed by atoms with Crippen LogP contribution in [0, 0.1) is 5.41 Å². The first kappa shape index (κ1) is 15.5. The maximum atomic E-state index is 11.6. The minimum atomic E-state index is -0.739. The van der Waals surface area contributed by atoms with E-state index in [0.29, 0.717) is 32.2 Å². The minimum Gasteiger partial charge on any atom is -0.481 e. The van der Waals surface area contributed by atoms with E-state index in [2.05, 4.69) is 29.3 Å². The SMILES string of the molecule is CC(Cc1cccs1)N(C)CC1(C(=O)O)CCCOC1. The molecule has 1 aliphatic heterocycles. The van der Waals surface area contributed by atoms with E-state index in [-0.39, 0.29) is 0 Å². The van der Waals surface area contributed by atoms with Crippen LogP contribution in [0.5, 0.6) is 0 Å². The van der Waals surface area contributed by atoms with Crippen molar-refractivity contribution in [1.82, 2.24) is 4.90 Å². The summed E-state index contributed by atoms with van der Waals surface area (Å²) < 4.78 is 5.43. The molecule has 1 saturated heterocycles. The molecule has 2 unspecified atom stereocenters. The smallest absolute Gasteiger partial charge is 0.313 e. The summed E-state index contributed by atoms with van der Waals surface area (Å²) in [7, 11) is 2.01. The quantitative estimate of drug-likeness (QED) is 0.876. The lowest BCUT2D eigenvalue weighted by Crippen LogP contribution is -2.49. The zero-order valence-corrected chi connectivity index (χ0v) is 13.0. The summed E-state index contributed by atoms with van der Waals surface area (Å²) in [5, 5.41) is 11.7. The molecule has 20 heavy (non-hydrogen) atoms. The topological polar surface area (TPSA) is 49.8 Å². The first-order chi connectivity index (χ1) is 9.53. The maximum Gasteiger partial charge on any atom is 0.313 e. The molecule has 0 radical (unpaired) electrons. The Hall–Kier alpha value is -0.910. The first-order valence-electron chi connectivity index (χ1n) is 7.07. The van der Waals surface area contributed by atoms with Gasteiger partial charge in [-0.1, -0.05) is 6.07 Å². The number of carbonyl (C=O) groups is 1. The molecule has 4 nitrogen and oxygen atoms in total. The zero-order valence-electron chi connectivity index (χ0n) is 12.2. The van der Waals surface area contributed by atoms with E-state index in [1.807, 2.05) is 7.05 Å². The molecule has 0 saturated carbocycles. The van der Waals surface area contributed by atoms with Crippen LogP contribution < -0.4 is 0 Å². The Morgan fingerprint density at radius 3 is 3.00 bits per heavy atom. The van der Waals surface area contributed by atoms with Gasteiger partial charge in [0.05, 0.1) is 6.61 Å². The number of likely N-dealkylation sites (N-methyl/N-ethyl adjacent to an activating group) is 1. The van der Waals surface area contributed by atoms with Crippen LogP contribution in [-0.4, -0.2) is 48.8 Å². The fraction of sp³-hybridized carbons (Fsp3) is 0.667. The number of carboxylic acids is 1. The monoisotopic (exact) mass is 297 g/mol. The standard InChI is InChI=1S/C15H23NO3S/c1-12(9-13-5-3-8-20-13)16(2)10-15(14(17)18)6-4-7-19-11-15/h3,5,8,12H,4,6-7,9-11H2,1-2H3,(H,17,18). The van der Waals surface area contributed by atoms with Gasteiger partial charge >= 0.3 is 5.97 Å². The van der Waals surface area contributed by atoms with Crippen molar-refractivity contribution in [2.24, 2.45) is 5.41 Å². The molecule has 2 atom stereocenters. The van der Waals surface area contributed by atoms with Crippen LogP contribution in [0.1, 0.15) is 24.6 Å². The molecule has 1 fully saturated rings. The van der Waals surface area contributed by atoms with E-state index in [4.69, 9.17) is 4.74 Å². The van der Waals surface area contributed by atoms with E-state index in [9.17, 15) is 9.90 Å². The molecular weight excluding hydrogens is 274 g/mol. The third kappa shape index (κ3) is 3.59. The molecule has 0 spiro atoms. The second-order valence-electron chi connectivity index (χ2n) is 5.79. The van der Waals surface area contributed by atoms with Crippen molar-refractivity contribution in [3.8, 4) is 0 Å². The molecule has 0 bridgehead atoms. The predicted octanol–water partition coefficient (Wildman–Crippen LogP) is 2.49. The van der Waals surface area contributed by atoms with Crippen LogP contribution in [0.2, 0.25) is 0 Å². The lowest BCUT2D eigenvalue weighted by Gasteiger charge is -2.38. The van der Waals surface area contributed by atoms with E-state index < -0.39 is 11.4 Å². The van der Waals surface area contributed by atoms with E-state index in [1.165, 1.54) is 4.88 Å². The largest absolute Gasteiger partial charge is 0.481 e. The van der Waals surface area contributed by atoms with E-state index in [0.717, 1.165) is 12.8 Å². The first-order valence-corrected chi connectivity index (χ1v) is 7.95. The second kappa shape index (κ2) is 6.70. The van der Waals surface area contributed by atoms with Crippen LogP contribution in [0.3, 0.4) is 0 Å². The highest BCUT2D eigenvalue weighted by molar-refractivity contribution is 7.09. The third-order valence-corrected chi connectivity index (χ3v) is 5.06. The highest BCUT2D eigenvalue weighted by Crippen LogP contribution is 2.30. The van der Waals surface area contributed by atoms with Gasteiger partial charge in [-0.3, -0.25) is 4.79 Å². The van der Waals surface area contributed by atoms with E-state index >= 15 is 0 Å². The van der Waals surface area contributed by atoms with Crippen LogP contribution in [0.4, 0.5) is 0 Å². The minimum absolute atomic E-state index is 0.326. The lowest BCUT2D eigenvalue weighted by atomic mass is 9.81. The molecule has 0 aliphatic carbocycles. The third-order valence-electron chi connectivity index (χ3n) is 4.16. The normalized spacial score (nSPS) is 24.8. The summed E-state index contributed by atoms with van der Waals surface area (Å²) >= 11 is 1.75. The Morgan fingerprint density at radius 1 is 1.65 bits per heavy atom. The van der Waals surface area contributed by atoms with Gasteiger partial charge in [0.2, 0.25) is 0 Å². The van der Waals surface area contributed by atoms with Gasteiger partial charge in [0.25, 0.3) is 0 Å². The molecule has 5 heteroatoms. The van der Waals surface area contributed by atoms with Crippen molar-refractivity contribution in [2.75, 3.05) is 26.8 Å². The molecule has 1 aromatic heterocycles. The Kier molecular flexibility index (Phi) is 5.18. The molecule has 1 aliphatic rings. The van der Waals surface area contributed by atoms with Gasteiger partial charge in [0, 0.05) is 24.1 Å². The summed E-state index contributed by atoms with van der Waals surface area (Å²) in [4.78, 5) is 15.1. The van der Waals surface area contributed by atoms with Crippen molar-refractivity contribution in [3.63, 3.8) is 0 Å². The van der Waals surface area contributed by atoms with Crippen LogP contribution in [0.25, 0.3) is 0 Å². The predicted molar refractivity (Wildman–Crippen MR) is 80.2 cm³/mol. The highest BCUT2D eigenvalue weighted by Gasteiger charge is 2.42. The number of hydrogen-bond acceptors (Lipinski definition) is 4. The summed E-state index contributed by atoms with van der Waals surface area (Å²) in [5.74, 6) is -0.729. The van der Waals surface area contributed by atoms with Crippen molar-refractivity contribution in [3.05, 3.63) is 22.4 Å². The number of carboxylic acid groups (broad SMARTS) is 1. The van der Waals surface area contributed by atoms with Gasteiger partial charge in [-0.05, 0) is 44.7 Å². The van der Waals surface area contributed by atoms with Gasteiger partial charge in [-0.2, -0.15) is 0 Å². The number of nitrogens with zero attached hydrogens (tertiary/aromatic N) is 1. The number of rotatable bonds is 6. The molecule has 2 heterocycles. The van der Waals surface area contributed by atoms with Crippen LogP contribution in [0.15, 0.2) is 17.5 Å². The fourth-order valence-electron chi connectivity index (χ4n) is 2.72. The Morgan fingerprint density at radius 2 is 2.45 bits per heavy atom. The average molecular weight is 297 g/mol. The molecule has 112 valence electrons. The summed E-state index contributed by atoms with van der Waals surface area (Å²) in [6.07, 6.45) is 2.50. The lowest BCUT2D eigenvalue weighted by molar-refractivity contribution is -0.159. The number of aliphatic carboxylic acids is 1. The van der Waals surface area contributed by atoms with Crippen molar-refractivity contribution >= 4 is 17.3 Å². The van der Waals surface area contributed by atoms with Crippen LogP contribution in [-0.2, 0) is 16.0 Å². The molecule has 1 N–H and O–H groups in total. The highest BCUT2D eigenvalue weighted by atomic mass is 32.1. The number of hydrogen-bond donors (Lipinski definition) is 1. The van der Waals surface area contributed by atoms with Crippen LogP contribution >= 0.6 is 11.3 Å². The number of ether oxygens (including phenoxy) is 1. The molecule has 0 aromatic carbocycles. The summed E-state index contributed by atoms with van der Waals surface area (Å²) in [6.45, 7) is 3.72. The summed E-state index contributed by atoms with van der Waals surface area (Å²) in [5.41, 5.74) is -0.739. The Labute approximate surface area is 124 Å². The number of thiophene rings is 1. The fourth-order valence-corrected chi connectivity index (χ4v) is 3.55. The van der Waals surface area contributed by atoms with Gasteiger partial charge < -0.3 is 14.7 Å². The van der Waals surface area contributed by atoms with E-state index in [1.54, 1.807) is 11.3 Å². The Balaban J connectivity index is 1.97. The Bertz CT molecular complexity index is 426. The van der Waals surface area contributed by atoms with Gasteiger partial charge in [0.15, 0.2) is 0 Å². The van der Waals surface area contributed by atoms with Gasteiger partial charge in [0.1, 0.15) is 5.41 Å². The van der Waals surface area contributed by atoms with Crippen molar-refractivity contribution in [1.29, 1.82) is 0 Å². The molecule has 2 rings (SSSR count). The summed E-state index contributed by atoms with van der Waals surface area (Å²) in [6, 6.07) is 4.51. The molecule has 1 aromatic rings. The van der Waals surface area contributed by atoms with Gasteiger partial charge in [-0.25, -0.2) is 0 Å². The molecular formula is C15H23NO3S. The zero-order chi connectivity index (χ0) is 14.6. The maximum absolute atomic E-state index is 11.6. The van der Waals surface area contributed by atoms with Crippen molar-refractivity contribution < 1.29 is 14.6 Å².